The monoisotopic (exact) mass is 651 g/mol. The molecule has 1 unspecified atom stereocenters. The van der Waals surface area contributed by atoms with Crippen molar-refractivity contribution in [3.8, 4) is 6.07 Å². The first-order valence-electron chi connectivity index (χ1n) is 14.5. The van der Waals surface area contributed by atoms with Crippen LogP contribution in [0.15, 0.2) is 89.5 Å². The van der Waals surface area contributed by atoms with Crippen LogP contribution in [0.4, 0.5) is 16.4 Å². The molecule has 3 N–H and O–H groups in total. The van der Waals surface area contributed by atoms with Gasteiger partial charge in [0.2, 0.25) is 5.91 Å². The Balaban J connectivity index is 1.32. The summed E-state index contributed by atoms with van der Waals surface area (Å²) in [5.74, 6) is -1.50. The Morgan fingerprint density at radius 2 is 1.74 bits per heavy atom. The van der Waals surface area contributed by atoms with Gasteiger partial charge in [-0.15, -0.1) is 23.1 Å². The summed E-state index contributed by atoms with van der Waals surface area (Å²) < 4.78 is 0. The molecule has 1 aliphatic rings. The average molecular weight is 652 g/mol. The largest absolute Gasteiger partial charge is 0.321 e. The third kappa shape index (κ3) is 7.69. The summed E-state index contributed by atoms with van der Waals surface area (Å²) in [6.07, 6.45) is 5.14. The maximum Gasteiger partial charge on any atom is 0.276 e. The number of carbonyl (C=O) groups is 3. The van der Waals surface area contributed by atoms with Crippen molar-refractivity contribution in [2.45, 2.75) is 42.8 Å². The number of thioether (sulfide) groups is 1. The normalized spacial score (nSPS) is 13.1. The van der Waals surface area contributed by atoms with Gasteiger partial charge in [0.25, 0.3) is 17.5 Å². The fourth-order valence-corrected chi connectivity index (χ4v) is 7.13. The highest BCUT2D eigenvalue weighted by molar-refractivity contribution is 8.00. The van der Waals surface area contributed by atoms with Gasteiger partial charge in [-0.05, 0) is 80.6 Å². The standard InChI is InChI=1S/C34H29N5O5S2/c1-21(31(40)38-34-27(20-35)26-15-6-8-17-30(26)46-34)45-25-14-9-13-24(19-25)36-33(42)28(37-32(41)22-10-3-2-4-11-22)18-23-12-5-7-16-29(23)39(43)44/h2-5,7,9-14,16,18-19,21H,6,8,15,17H2,1H3,(H,36,42)(H,37,41)(H,38,40)/b28-18+. The highest BCUT2D eigenvalue weighted by Crippen LogP contribution is 2.38. The zero-order chi connectivity index (χ0) is 32.6. The molecule has 4 aromatic rings. The maximum atomic E-state index is 13.5. The van der Waals surface area contributed by atoms with E-state index in [1.165, 1.54) is 47.4 Å². The first kappa shape index (κ1) is 32.2. The Hall–Kier alpha value is -5.25. The van der Waals surface area contributed by atoms with E-state index in [2.05, 4.69) is 22.0 Å². The van der Waals surface area contributed by atoms with E-state index >= 15 is 0 Å². The molecule has 12 heteroatoms. The van der Waals surface area contributed by atoms with Crippen molar-refractivity contribution in [1.29, 1.82) is 5.26 Å². The summed E-state index contributed by atoms with van der Waals surface area (Å²) in [5.41, 5.74) is 2.02. The van der Waals surface area contributed by atoms with Crippen molar-refractivity contribution in [2.24, 2.45) is 0 Å². The second-order valence-electron chi connectivity index (χ2n) is 10.5. The van der Waals surface area contributed by atoms with Crippen molar-refractivity contribution in [3.05, 3.63) is 122 Å². The summed E-state index contributed by atoms with van der Waals surface area (Å²) in [4.78, 5) is 52.5. The van der Waals surface area contributed by atoms with Gasteiger partial charge in [0.1, 0.15) is 16.8 Å². The number of nitriles is 1. The number of aryl methyl sites for hydroxylation is 1. The number of rotatable bonds is 10. The maximum absolute atomic E-state index is 13.5. The van der Waals surface area contributed by atoms with Gasteiger partial charge in [-0.25, -0.2) is 0 Å². The van der Waals surface area contributed by atoms with Crippen LogP contribution < -0.4 is 16.0 Å². The van der Waals surface area contributed by atoms with Gasteiger partial charge in [0.15, 0.2) is 0 Å². The van der Waals surface area contributed by atoms with Crippen LogP contribution in [0.5, 0.6) is 0 Å². The summed E-state index contributed by atoms with van der Waals surface area (Å²) in [7, 11) is 0. The summed E-state index contributed by atoms with van der Waals surface area (Å²) in [5, 5.41) is 29.7. The summed E-state index contributed by atoms with van der Waals surface area (Å²) in [6.45, 7) is 1.76. The molecule has 10 nitrogen and oxygen atoms in total. The van der Waals surface area contributed by atoms with Crippen molar-refractivity contribution in [2.75, 3.05) is 10.6 Å². The van der Waals surface area contributed by atoms with Gasteiger partial charge in [0.05, 0.1) is 21.3 Å². The lowest BCUT2D eigenvalue weighted by Crippen LogP contribution is -2.30. The number of para-hydroxylation sites is 1. The molecule has 232 valence electrons. The van der Waals surface area contributed by atoms with Crippen molar-refractivity contribution < 1.29 is 19.3 Å². The molecule has 0 saturated carbocycles. The third-order valence-electron chi connectivity index (χ3n) is 7.26. The average Bonchev–Trinajstić information content (AvgIpc) is 3.41. The highest BCUT2D eigenvalue weighted by Gasteiger charge is 2.24. The molecule has 5 rings (SSSR count). The molecule has 0 spiro atoms. The highest BCUT2D eigenvalue weighted by atomic mass is 32.2. The molecule has 1 aromatic heterocycles. The number of nitrogens with one attached hydrogen (secondary N) is 3. The number of nitro groups is 1. The molecule has 0 radical (unpaired) electrons. The number of hydrogen-bond donors (Lipinski definition) is 3. The second-order valence-corrected chi connectivity index (χ2v) is 13.0. The van der Waals surface area contributed by atoms with Crippen LogP contribution in [0.2, 0.25) is 0 Å². The second kappa shape index (κ2) is 14.7. The van der Waals surface area contributed by atoms with Crippen LogP contribution in [0.25, 0.3) is 6.08 Å². The first-order valence-corrected chi connectivity index (χ1v) is 16.2. The van der Waals surface area contributed by atoms with Crippen molar-refractivity contribution >= 4 is 63.3 Å². The minimum atomic E-state index is -0.693. The Morgan fingerprint density at radius 1 is 1.00 bits per heavy atom. The number of amides is 3. The van der Waals surface area contributed by atoms with Crippen LogP contribution in [0, 0.1) is 21.4 Å². The van der Waals surface area contributed by atoms with Gasteiger partial charge < -0.3 is 16.0 Å². The number of carbonyl (C=O) groups excluding carboxylic acids is 3. The lowest BCUT2D eigenvalue weighted by Gasteiger charge is -2.14. The van der Waals surface area contributed by atoms with E-state index in [1.807, 2.05) is 0 Å². The minimum Gasteiger partial charge on any atom is -0.321 e. The Kier molecular flexibility index (Phi) is 10.3. The lowest BCUT2D eigenvalue weighted by molar-refractivity contribution is -0.385. The Labute approximate surface area is 273 Å². The van der Waals surface area contributed by atoms with Crippen molar-refractivity contribution in [1.82, 2.24) is 5.32 Å². The smallest absolute Gasteiger partial charge is 0.276 e. The van der Waals surface area contributed by atoms with Crippen LogP contribution >= 0.6 is 23.1 Å². The van der Waals surface area contributed by atoms with Gasteiger partial charge in [-0.2, -0.15) is 5.26 Å². The fraction of sp³-hybridized carbons (Fsp3) is 0.176. The topological polar surface area (TPSA) is 154 Å². The van der Waals surface area contributed by atoms with Crippen LogP contribution in [0.3, 0.4) is 0 Å². The number of thiophene rings is 1. The molecule has 0 fully saturated rings. The van der Waals surface area contributed by atoms with E-state index < -0.39 is 22.0 Å². The predicted molar refractivity (Wildman–Crippen MR) is 180 cm³/mol. The van der Waals surface area contributed by atoms with E-state index in [9.17, 15) is 29.8 Å². The molecule has 3 amide bonds. The zero-order valence-electron chi connectivity index (χ0n) is 24.7. The lowest BCUT2D eigenvalue weighted by atomic mass is 9.96. The molecule has 3 aromatic carbocycles. The van der Waals surface area contributed by atoms with E-state index in [1.54, 1.807) is 67.6 Å². The third-order valence-corrected chi connectivity index (χ3v) is 9.56. The first-order chi connectivity index (χ1) is 22.2. The SMILES string of the molecule is CC(Sc1cccc(NC(=O)/C(=C\c2ccccc2[N+](=O)[O-])NC(=O)c2ccccc2)c1)C(=O)Nc1sc2c(c1C#N)CCCC2. The molecule has 1 atom stereocenters. The number of hydrogen-bond acceptors (Lipinski definition) is 8. The Morgan fingerprint density at radius 3 is 2.50 bits per heavy atom. The number of anilines is 2. The van der Waals surface area contributed by atoms with Crippen LogP contribution in [-0.4, -0.2) is 27.9 Å². The molecule has 0 aliphatic heterocycles. The quantitative estimate of drug-likeness (QED) is 0.0727. The number of nitro benzene ring substituents is 1. The molecule has 1 heterocycles. The summed E-state index contributed by atoms with van der Waals surface area (Å²) >= 11 is 2.76. The fourth-order valence-electron chi connectivity index (χ4n) is 4.96. The van der Waals surface area contributed by atoms with E-state index in [0.717, 1.165) is 36.1 Å². The molecule has 0 saturated heterocycles. The molecular weight excluding hydrogens is 623 g/mol. The predicted octanol–water partition coefficient (Wildman–Crippen LogP) is 6.94. The Bertz CT molecular complexity index is 1880. The van der Waals surface area contributed by atoms with E-state index in [-0.39, 0.29) is 22.9 Å². The van der Waals surface area contributed by atoms with E-state index in [4.69, 9.17) is 0 Å². The number of fused-ring (bicyclic) bond motifs is 1. The van der Waals surface area contributed by atoms with Gasteiger partial charge in [-0.3, -0.25) is 24.5 Å². The molecule has 1 aliphatic carbocycles. The van der Waals surface area contributed by atoms with E-state index in [0.29, 0.717) is 26.7 Å². The molecule has 0 bridgehead atoms. The number of benzene rings is 3. The van der Waals surface area contributed by atoms with Gasteiger partial charge in [-0.1, -0.05) is 36.4 Å². The molecular formula is C34H29N5O5S2. The van der Waals surface area contributed by atoms with Gasteiger partial charge in [0, 0.05) is 27.1 Å². The number of nitrogens with zero attached hydrogens (tertiary/aromatic N) is 2. The van der Waals surface area contributed by atoms with Crippen LogP contribution in [-0.2, 0) is 22.4 Å². The van der Waals surface area contributed by atoms with Crippen LogP contribution in [0.1, 0.15) is 51.7 Å². The molecule has 46 heavy (non-hydrogen) atoms. The summed E-state index contributed by atoms with van der Waals surface area (Å²) in [6, 6.07) is 23.3. The minimum absolute atomic E-state index is 0.140. The zero-order valence-corrected chi connectivity index (χ0v) is 26.4. The van der Waals surface area contributed by atoms with Gasteiger partial charge >= 0.3 is 0 Å². The van der Waals surface area contributed by atoms with Crippen molar-refractivity contribution in [3.63, 3.8) is 0 Å².